The van der Waals surface area contributed by atoms with Gasteiger partial charge in [-0.25, -0.2) is 4.39 Å². The number of fused-ring (bicyclic) bond motifs is 1. The zero-order valence-corrected chi connectivity index (χ0v) is 15.4. The molecule has 27 heavy (non-hydrogen) atoms. The summed E-state index contributed by atoms with van der Waals surface area (Å²) in [7, 11) is 0. The van der Waals surface area contributed by atoms with Crippen molar-refractivity contribution in [2.45, 2.75) is 19.3 Å². The van der Waals surface area contributed by atoms with E-state index in [0.29, 0.717) is 31.9 Å². The van der Waals surface area contributed by atoms with Crippen molar-refractivity contribution in [3.05, 3.63) is 71.2 Å². The minimum Gasteiger partial charge on any atom is -0.378 e. The number of nitrogens with zero attached hydrogens (tertiary/aromatic N) is 1. The molecule has 1 N–H and O–H groups in total. The van der Waals surface area contributed by atoms with E-state index in [9.17, 15) is 9.18 Å². The zero-order valence-electron chi connectivity index (χ0n) is 15.4. The van der Waals surface area contributed by atoms with Crippen LogP contribution < -0.4 is 0 Å². The fraction of sp³-hybridized carbons (Fsp3) is 0.318. The number of ether oxygens (including phenoxy) is 1. The van der Waals surface area contributed by atoms with E-state index in [1.807, 2.05) is 48.4 Å². The van der Waals surface area contributed by atoms with Crippen LogP contribution in [0.2, 0.25) is 0 Å². The highest BCUT2D eigenvalue weighted by molar-refractivity contribution is 5.86. The fourth-order valence-corrected chi connectivity index (χ4v) is 3.82. The number of morpholine rings is 1. The Morgan fingerprint density at radius 3 is 2.78 bits per heavy atom. The largest absolute Gasteiger partial charge is 0.378 e. The van der Waals surface area contributed by atoms with Crippen LogP contribution >= 0.6 is 0 Å². The van der Waals surface area contributed by atoms with Crippen molar-refractivity contribution < 1.29 is 13.9 Å². The Bertz CT molecular complexity index is 960. The molecule has 4 rings (SSSR count). The second-order valence-corrected chi connectivity index (χ2v) is 7.06. The monoisotopic (exact) mass is 366 g/mol. The molecule has 1 aromatic heterocycles. The Hall–Kier alpha value is -2.66. The van der Waals surface area contributed by atoms with Gasteiger partial charge in [0.1, 0.15) is 5.82 Å². The third-order valence-electron chi connectivity index (χ3n) is 5.27. The normalized spacial score (nSPS) is 15.9. The summed E-state index contributed by atoms with van der Waals surface area (Å²) in [6.07, 6.45) is 2.14. The van der Waals surface area contributed by atoms with Crippen molar-refractivity contribution in [1.29, 1.82) is 0 Å². The predicted molar refractivity (Wildman–Crippen MR) is 103 cm³/mol. The lowest BCUT2D eigenvalue weighted by molar-refractivity contribution is -0.135. The van der Waals surface area contributed by atoms with Crippen LogP contribution in [-0.4, -0.2) is 42.1 Å². The van der Waals surface area contributed by atoms with Gasteiger partial charge >= 0.3 is 0 Å². The summed E-state index contributed by atoms with van der Waals surface area (Å²) in [5.41, 5.74) is 3.50. The first-order chi connectivity index (χ1) is 13.1. The lowest BCUT2D eigenvalue weighted by Crippen LogP contribution is -2.41. The molecule has 0 bridgehead atoms. The Balaban J connectivity index is 1.75. The average molecular weight is 366 g/mol. The number of hydrogen-bond acceptors (Lipinski definition) is 2. The molecule has 0 aliphatic carbocycles. The predicted octanol–water partition coefficient (Wildman–Crippen LogP) is 4.00. The lowest BCUT2D eigenvalue weighted by Gasteiger charge is -2.29. The molecule has 1 amide bonds. The second-order valence-electron chi connectivity index (χ2n) is 7.06. The van der Waals surface area contributed by atoms with E-state index < -0.39 is 0 Å². The van der Waals surface area contributed by atoms with Crippen molar-refractivity contribution in [2.75, 3.05) is 26.3 Å². The van der Waals surface area contributed by atoms with Gasteiger partial charge in [-0.15, -0.1) is 0 Å². The van der Waals surface area contributed by atoms with Crippen molar-refractivity contribution >= 4 is 16.8 Å². The van der Waals surface area contributed by atoms with Crippen LogP contribution in [-0.2, 0) is 9.53 Å². The Kier molecular flexibility index (Phi) is 4.94. The van der Waals surface area contributed by atoms with Crippen LogP contribution in [0.15, 0.2) is 48.7 Å². The minimum absolute atomic E-state index is 0.0366. The molecule has 1 atom stereocenters. The number of halogens is 1. The topological polar surface area (TPSA) is 45.3 Å². The zero-order chi connectivity index (χ0) is 18.8. The maximum absolute atomic E-state index is 14.7. The number of rotatable bonds is 4. The third kappa shape index (κ3) is 3.60. The van der Waals surface area contributed by atoms with E-state index in [-0.39, 0.29) is 24.1 Å². The van der Waals surface area contributed by atoms with Gasteiger partial charge in [-0.2, -0.15) is 0 Å². The highest BCUT2D eigenvalue weighted by Gasteiger charge is 2.27. The quantitative estimate of drug-likeness (QED) is 0.759. The molecular formula is C22H23FN2O2. The summed E-state index contributed by atoms with van der Waals surface area (Å²) in [6, 6.07) is 13.0. The minimum atomic E-state index is -0.337. The van der Waals surface area contributed by atoms with Gasteiger partial charge in [-0.3, -0.25) is 4.79 Å². The molecule has 140 valence electrons. The van der Waals surface area contributed by atoms with E-state index in [1.165, 1.54) is 6.07 Å². The highest BCUT2D eigenvalue weighted by atomic mass is 19.1. The second kappa shape index (κ2) is 7.53. The molecule has 4 nitrogen and oxygen atoms in total. The Labute approximate surface area is 157 Å². The summed E-state index contributed by atoms with van der Waals surface area (Å²) in [5.74, 6) is -0.573. The molecule has 1 fully saturated rings. The van der Waals surface area contributed by atoms with Gasteiger partial charge in [0.25, 0.3) is 0 Å². The number of carbonyl (C=O) groups is 1. The number of aromatic nitrogens is 1. The number of para-hydroxylation sites is 1. The molecular weight excluding hydrogens is 343 g/mol. The van der Waals surface area contributed by atoms with Gasteiger partial charge in [0.05, 0.1) is 13.2 Å². The molecule has 1 aliphatic heterocycles. The van der Waals surface area contributed by atoms with Crippen LogP contribution in [0.25, 0.3) is 10.9 Å². The van der Waals surface area contributed by atoms with Crippen LogP contribution in [0.3, 0.4) is 0 Å². The Morgan fingerprint density at radius 1 is 1.19 bits per heavy atom. The molecule has 0 saturated carbocycles. The van der Waals surface area contributed by atoms with Gasteiger partial charge in [0, 0.05) is 42.5 Å². The first-order valence-electron chi connectivity index (χ1n) is 9.31. The number of carbonyl (C=O) groups excluding carboxylic acids is 1. The van der Waals surface area contributed by atoms with Gasteiger partial charge in [0.2, 0.25) is 5.91 Å². The number of nitrogens with one attached hydrogen (secondary N) is 1. The van der Waals surface area contributed by atoms with Crippen molar-refractivity contribution in [1.82, 2.24) is 9.88 Å². The molecule has 0 radical (unpaired) electrons. The Morgan fingerprint density at radius 2 is 1.96 bits per heavy atom. The van der Waals surface area contributed by atoms with Gasteiger partial charge < -0.3 is 14.6 Å². The molecule has 1 unspecified atom stereocenters. The average Bonchev–Trinajstić information content (AvgIpc) is 3.12. The van der Waals surface area contributed by atoms with Gasteiger partial charge in [0.15, 0.2) is 0 Å². The fourth-order valence-electron chi connectivity index (χ4n) is 3.82. The van der Waals surface area contributed by atoms with Crippen LogP contribution in [0.4, 0.5) is 4.39 Å². The van der Waals surface area contributed by atoms with Gasteiger partial charge in [-0.05, 0) is 30.2 Å². The van der Waals surface area contributed by atoms with Crippen LogP contribution in [0.5, 0.6) is 0 Å². The standard InChI is InChI=1S/C22H23FN2O2/c1-15-6-7-20(23)18(12-15)17(13-22(26)25-8-10-27-11-9-25)19-14-24-21-5-3-2-4-16(19)21/h2-7,12,14,17,24H,8-11,13H2,1H3. The first kappa shape index (κ1) is 17.7. The lowest BCUT2D eigenvalue weighted by atomic mass is 9.86. The molecule has 3 aromatic rings. The molecule has 0 spiro atoms. The van der Waals surface area contributed by atoms with E-state index in [2.05, 4.69) is 4.98 Å². The summed E-state index contributed by atoms with van der Waals surface area (Å²) < 4.78 is 20.1. The SMILES string of the molecule is Cc1ccc(F)c(C(CC(=O)N2CCOCC2)c2c[nH]c3ccccc23)c1. The summed E-state index contributed by atoms with van der Waals surface area (Å²) in [6.45, 7) is 4.25. The number of benzene rings is 2. The summed E-state index contributed by atoms with van der Waals surface area (Å²) in [4.78, 5) is 18.0. The van der Waals surface area contributed by atoms with E-state index in [0.717, 1.165) is 22.0 Å². The smallest absolute Gasteiger partial charge is 0.223 e. The van der Waals surface area contributed by atoms with Crippen molar-refractivity contribution in [3.8, 4) is 0 Å². The molecule has 5 heteroatoms. The number of aryl methyl sites for hydroxylation is 1. The number of hydrogen-bond donors (Lipinski definition) is 1. The number of aromatic amines is 1. The molecule has 2 heterocycles. The molecule has 2 aromatic carbocycles. The first-order valence-corrected chi connectivity index (χ1v) is 9.31. The summed E-state index contributed by atoms with van der Waals surface area (Å²) in [5, 5.41) is 1.03. The maximum atomic E-state index is 14.7. The van der Waals surface area contributed by atoms with E-state index >= 15 is 0 Å². The van der Waals surface area contributed by atoms with E-state index in [4.69, 9.17) is 4.74 Å². The van der Waals surface area contributed by atoms with Crippen molar-refractivity contribution in [2.24, 2.45) is 0 Å². The number of amides is 1. The maximum Gasteiger partial charge on any atom is 0.223 e. The van der Waals surface area contributed by atoms with Crippen LogP contribution in [0.1, 0.15) is 29.0 Å². The molecule has 1 saturated heterocycles. The number of H-pyrrole nitrogens is 1. The third-order valence-corrected chi connectivity index (χ3v) is 5.27. The van der Waals surface area contributed by atoms with Gasteiger partial charge in [-0.1, -0.05) is 35.9 Å². The van der Waals surface area contributed by atoms with E-state index in [1.54, 1.807) is 6.07 Å². The van der Waals surface area contributed by atoms with Crippen molar-refractivity contribution in [3.63, 3.8) is 0 Å². The summed E-state index contributed by atoms with van der Waals surface area (Å²) >= 11 is 0. The highest BCUT2D eigenvalue weighted by Crippen LogP contribution is 2.35. The molecule has 1 aliphatic rings. The van der Waals surface area contributed by atoms with Crippen LogP contribution in [0, 0.1) is 12.7 Å².